The quantitative estimate of drug-likeness (QED) is 0.733. The molecule has 2 heterocycles. The Bertz CT molecular complexity index is 256. The SMILES string of the molecule is CC(C(=O)C1=COCCC1)C1CNC1. The van der Waals surface area contributed by atoms with E-state index in [0.717, 1.165) is 38.1 Å². The predicted molar refractivity (Wildman–Crippen MR) is 53.8 cm³/mol. The summed E-state index contributed by atoms with van der Waals surface area (Å²) in [4.78, 5) is 12.0. The van der Waals surface area contributed by atoms with Crippen LogP contribution in [0.1, 0.15) is 19.8 Å². The topological polar surface area (TPSA) is 38.3 Å². The molecule has 2 rings (SSSR count). The molecule has 0 aromatic rings. The first-order valence-electron chi connectivity index (χ1n) is 5.34. The van der Waals surface area contributed by atoms with Crippen molar-refractivity contribution < 1.29 is 9.53 Å². The fraction of sp³-hybridized carbons (Fsp3) is 0.727. The number of carbonyl (C=O) groups is 1. The second kappa shape index (κ2) is 4.13. The molecule has 3 heteroatoms. The van der Waals surface area contributed by atoms with Crippen molar-refractivity contribution in [2.45, 2.75) is 19.8 Å². The molecule has 0 saturated carbocycles. The van der Waals surface area contributed by atoms with E-state index >= 15 is 0 Å². The Labute approximate surface area is 84.5 Å². The van der Waals surface area contributed by atoms with E-state index < -0.39 is 0 Å². The van der Waals surface area contributed by atoms with Crippen molar-refractivity contribution in [3.63, 3.8) is 0 Å². The summed E-state index contributed by atoms with van der Waals surface area (Å²) in [5.41, 5.74) is 0.885. The minimum absolute atomic E-state index is 0.157. The highest BCUT2D eigenvalue weighted by Crippen LogP contribution is 2.23. The van der Waals surface area contributed by atoms with E-state index in [1.54, 1.807) is 6.26 Å². The molecular weight excluding hydrogens is 178 g/mol. The second-order valence-corrected chi connectivity index (χ2v) is 4.19. The molecule has 1 saturated heterocycles. The zero-order valence-electron chi connectivity index (χ0n) is 8.58. The van der Waals surface area contributed by atoms with Gasteiger partial charge in [-0.15, -0.1) is 0 Å². The fourth-order valence-electron chi connectivity index (χ4n) is 1.92. The van der Waals surface area contributed by atoms with Crippen LogP contribution in [0.3, 0.4) is 0 Å². The summed E-state index contributed by atoms with van der Waals surface area (Å²) in [6.45, 7) is 4.77. The number of ether oxygens (including phenoxy) is 1. The zero-order chi connectivity index (χ0) is 9.97. The van der Waals surface area contributed by atoms with Gasteiger partial charge in [0, 0.05) is 11.5 Å². The average molecular weight is 195 g/mol. The molecule has 1 N–H and O–H groups in total. The van der Waals surface area contributed by atoms with Crippen LogP contribution in [0.4, 0.5) is 0 Å². The summed E-state index contributed by atoms with van der Waals surface area (Å²) in [7, 11) is 0. The van der Waals surface area contributed by atoms with Crippen LogP contribution in [-0.2, 0) is 9.53 Å². The molecule has 14 heavy (non-hydrogen) atoms. The van der Waals surface area contributed by atoms with Crippen molar-refractivity contribution in [3.05, 3.63) is 11.8 Å². The normalized spacial score (nSPS) is 24.5. The van der Waals surface area contributed by atoms with Crippen LogP contribution in [0.5, 0.6) is 0 Å². The first-order valence-corrected chi connectivity index (χ1v) is 5.34. The van der Waals surface area contributed by atoms with E-state index in [9.17, 15) is 4.79 Å². The number of Topliss-reactive ketones (excluding diaryl/α,β-unsaturated/α-hetero) is 1. The summed E-state index contributed by atoms with van der Waals surface area (Å²) < 4.78 is 5.19. The maximum absolute atomic E-state index is 12.0. The van der Waals surface area contributed by atoms with Crippen LogP contribution < -0.4 is 5.32 Å². The second-order valence-electron chi connectivity index (χ2n) is 4.19. The lowest BCUT2D eigenvalue weighted by atomic mass is 9.82. The Morgan fingerprint density at radius 2 is 2.43 bits per heavy atom. The lowest BCUT2D eigenvalue weighted by Crippen LogP contribution is -2.47. The van der Waals surface area contributed by atoms with Crippen LogP contribution in [-0.4, -0.2) is 25.5 Å². The third-order valence-corrected chi connectivity index (χ3v) is 3.18. The molecule has 1 atom stereocenters. The smallest absolute Gasteiger partial charge is 0.165 e. The molecule has 0 aromatic carbocycles. The van der Waals surface area contributed by atoms with E-state index in [1.807, 2.05) is 6.92 Å². The van der Waals surface area contributed by atoms with Gasteiger partial charge >= 0.3 is 0 Å². The van der Waals surface area contributed by atoms with Gasteiger partial charge in [0.25, 0.3) is 0 Å². The van der Waals surface area contributed by atoms with Gasteiger partial charge in [-0.2, -0.15) is 0 Å². The molecule has 78 valence electrons. The largest absolute Gasteiger partial charge is 0.501 e. The Morgan fingerprint density at radius 1 is 1.64 bits per heavy atom. The van der Waals surface area contributed by atoms with Gasteiger partial charge in [-0.3, -0.25) is 4.79 Å². The molecule has 1 fully saturated rings. The molecule has 0 spiro atoms. The van der Waals surface area contributed by atoms with Crippen molar-refractivity contribution >= 4 is 5.78 Å². The summed E-state index contributed by atoms with van der Waals surface area (Å²) in [5.74, 6) is 0.978. The Balaban J connectivity index is 1.95. The highest BCUT2D eigenvalue weighted by molar-refractivity contribution is 5.97. The zero-order valence-corrected chi connectivity index (χ0v) is 8.58. The molecule has 0 bridgehead atoms. The van der Waals surface area contributed by atoms with Crippen LogP contribution in [0.15, 0.2) is 11.8 Å². The van der Waals surface area contributed by atoms with Crippen molar-refractivity contribution in [1.29, 1.82) is 0 Å². The number of allylic oxidation sites excluding steroid dienone is 1. The van der Waals surface area contributed by atoms with Gasteiger partial charge < -0.3 is 10.1 Å². The summed E-state index contributed by atoms with van der Waals surface area (Å²) >= 11 is 0. The molecule has 2 aliphatic heterocycles. The number of carbonyl (C=O) groups excluding carboxylic acids is 1. The van der Waals surface area contributed by atoms with E-state index in [-0.39, 0.29) is 11.7 Å². The molecule has 0 aliphatic carbocycles. The lowest BCUT2D eigenvalue weighted by molar-refractivity contribution is -0.121. The van der Waals surface area contributed by atoms with Gasteiger partial charge in [0.2, 0.25) is 0 Å². The van der Waals surface area contributed by atoms with Crippen molar-refractivity contribution in [2.24, 2.45) is 11.8 Å². The molecule has 0 amide bonds. The lowest BCUT2D eigenvalue weighted by Gasteiger charge is -2.32. The summed E-state index contributed by atoms with van der Waals surface area (Å²) in [6, 6.07) is 0. The predicted octanol–water partition coefficient (Wildman–Crippen LogP) is 1.11. The third kappa shape index (κ3) is 1.82. The van der Waals surface area contributed by atoms with Crippen molar-refractivity contribution in [1.82, 2.24) is 5.32 Å². The monoisotopic (exact) mass is 195 g/mol. The van der Waals surface area contributed by atoms with Crippen LogP contribution in [0.2, 0.25) is 0 Å². The van der Waals surface area contributed by atoms with Crippen molar-refractivity contribution in [2.75, 3.05) is 19.7 Å². The van der Waals surface area contributed by atoms with E-state index in [4.69, 9.17) is 4.74 Å². The molecule has 2 aliphatic rings. The number of ketones is 1. The van der Waals surface area contributed by atoms with Gasteiger partial charge in [-0.05, 0) is 31.8 Å². The summed E-state index contributed by atoms with van der Waals surface area (Å²) in [5, 5.41) is 3.20. The molecule has 0 aromatic heterocycles. The van der Waals surface area contributed by atoms with E-state index in [2.05, 4.69) is 5.32 Å². The number of hydrogen-bond donors (Lipinski definition) is 1. The molecular formula is C11H17NO2. The third-order valence-electron chi connectivity index (χ3n) is 3.18. The van der Waals surface area contributed by atoms with Gasteiger partial charge in [0.05, 0.1) is 12.9 Å². The van der Waals surface area contributed by atoms with Gasteiger partial charge in [-0.1, -0.05) is 6.92 Å². The minimum atomic E-state index is 0.157. The van der Waals surface area contributed by atoms with Crippen LogP contribution in [0.25, 0.3) is 0 Å². The standard InChI is InChI=1S/C11H17NO2/c1-8(10-5-12-6-10)11(13)9-3-2-4-14-7-9/h7-8,10,12H,2-6H2,1H3. The minimum Gasteiger partial charge on any atom is -0.501 e. The maximum atomic E-state index is 12.0. The maximum Gasteiger partial charge on any atom is 0.165 e. The molecule has 3 nitrogen and oxygen atoms in total. The van der Waals surface area contributed by atoms with Gasteiger partial charge in [0.1, 0.15) is 0 Å². The fourth-order valence-corrected chi connectivity index (χ4v) is 1.92. The Hall–Kier alpha value is -0.830. The first-order chi connectivity index (χ1) is 6.79. The highest BCUT2D eigenvalue weighted by atomic mass is 16.5. The first kappa shape index (κ1) is 9.71. The van der Waals surface area contributed by atoms with Gasteiger partial charge in [0.15, 0.2) is 5.78 Å². The van der Waals surface area contributed by atoms with E-state index in [0.29, 0.717) is 5.92 Å². The number of rotatable bonds is 3. The molecule has 0 radical (unpaired) electrons. The Kier molecular flexibility index (Phi) is 2.87. The van der Waals surface area contributed by atoms with Crippen molar-refractivity contribution in [3.8, 4) is 0 Å². The number of hydrogen-bond acceptors (Lipinski definition) is 3. The van der Waals surface area contributed by atoms with E-state index in [1.165, 1.54) is 0 Å². The van der Waals surface area contributed by atoms with Crippen LogP contribution in [0, 0.1) is 11.8 Å². The highest BCUT2D eigenvalue weighted by Gasteiger charge is 2.30. The van der Waals surface area contributed by atoms with Gasteiger partial charge in [-0.25, -0.2) is 0 Å². The Morgan fingerprint density at radius 3 is 2.93 bits per heavy atom. The molecule has 1 unspecified atom stereocenters. The van der Waals surface area contributed by atoms with Crippen LogP contribution >= 0.6 is 0 Å². The summed E-state index contributed by atoms with van der Waals surface area (Å²) in [6.07, 6.45) is 3.53. The number of nitrogens with one attached hydrogen (secondary N) is 1. The average Bonchev–Trinajstić information content (AvgIpc) is 2.15.